The van der Waals surface area contributed by atoms with Crippen LogP contribution in [0.25, 0.3) is 0 Å². The minimum Gasteiger partial charge on any atom is -0.300 e. The molecule has 2 aromatic carbocycles. The van der Waals surface area contributed by atoms with Crippen LogP contribution < -0.4 is 10.9 Å². The number of nitrogens with zero attached hydrogens (tertiary/aromatic N) is 1. The first-order valence-electron chi connectivity index (χ1n) is 6.17. The van der Waals surface area contributed by atoms with Gasteiger partial charge in [-0.3, -0.25) is 15.6 Å². The summed E-state index contributed by atoms with van der Waals surface area (Å²) in [5.74, 6) is -0.0105. The zero-order valence-corrected chi connectivity index (χ0v) is 12.7. The van der Waals surface area contributed by atoms with E-state index >= 15 is 0 Å². The number of hydrogen-bond acceptors (Lipinski definition) is 3. The Morgan fingerprint density at radius 3 is 2.38 bits per heavy atom. The van der Waals surface area contributed by atoms with Gasteiger partial charge in [0.1, 0.15) is 0 Å². The van der Waals surface area contributed by atoms with Gasteiger partial charge in [0.25, 0.3) is 0 Å². The number of halogens is 2. The molecule has 6 heteroatoms. The van der Waals surface area contributed by atoms with Gasteiger partial charge >= 0.3 is 0 Å². The quantitative estimate of drug-likeness (QED) is 0.503. The Morgan fingerprint density at radius 1 is 1.05 bits per heavy atom. The Kier molecular flexibility index (Phi) is 5.20. The largest absolute Gasteiger partial charge is 0.300 e. The van der Waals surface area contributed by atoms with Crippen molar-refractivity contribution in [2.24, 2.45) is 4.99 Å². The fraction of sp³-hybridized carbons (Fsp3) is 0.0667. The minimum atomic E-state index is -0.198. The number of rotatable bonds is 4. The lowest BCUT2D eigenvalue weighted by Crippen LogP contribution is -2.34. The Morgan fingerprint density at radius 2 is 1.76 bits per heavy atom. The van der Waals surface area contributed by atoms with E-state index in [4.69, 9.17) is 23.2 Å². The highest BCUT2D eigenvalue weighted by atomic mass is 35.5. The van der Waals surface area contributed by atoms with Gasteiger partial charge in [-0.15, -0.1) is 0 Å². The first-order valence-corrected chi connectivity index (χ1v) is 6.93. The molecule has 0 aliphatic carbocycles. The Labute approximate surface area is 132 Å². The van der Waals surface area contributed by atoms with Crippen molar-refractivity contribution in [1.29, 1.82) is 0 Å². The molecule has 0 unspecified atom stereocenters. The van der Waals surface area contributed by atoms with Crippen LogP contribution >= 0.6 is 23.2 Å². The van der Waals surface area contributed by atoms with E-state index in [1.165, 1.54) is 6.92 Å². The maximum Gasteiger partial charge on any atom is 0.196 e. The summed E-state index contributed by atoms with van der Waals surface area (Å²) >= 11 is 11.7. The van der Waals surface area contributed by atoms with Gasteiger partial charge < -0.3 is 0 Å². The molecular weight excluding hydrogens is 309 g/mol. The summed E-state index contributed by atoms with van der Waals surface area (Å²) in [6.07, 6.45) is 0. The summed E-state index contributed by atoms with van der Waals surface area (Å²) in [4.78, 5) is 15.9. The molecule has 108 valence electrons. The number of carbonyl (C=O) groups is 1. The monoisotopic (exact) mass is 321 g/mol. The predicted molar refractivity (Wildman–Crippen MR) is 87.4 cm³/mol. The molecule has 0 fully saturated rings. The minimum absolute atomic E-state index is 0.187. The van der Waals surface area contributed by atoms with Crippen LogP contribution in [-0.4, -0.2) is 11.6 Å². The molecule has 21 heavy (non-hydrogen) atoms. The average Bonchev–Trinajstić information content (AvgIpc) is 2.45. The maximum atomic E-state index is 11.6. The van der Waals surface area contributed by atoms with E-state index in [0.29, 0.717) is 15.7 Å². The normalized spacial score (nSPS) is 11.1. The number of aliphatic imine (C=N–C) groups is 1. The zero-order valence-electron chi connectivity index (χ0n) is 11.2. The van der Waals surface area contributed by atoms with Gasteiger partial charge in [0.15, 0.2) is 11.6 Å². The molecule has 0 bridgehead atoms. The lowest BCUT2D eigenvalue weighted by molar-refractivity contribution is -0.111. The summed E-state index contributed by atoms with van der Waals surface area (Å²) in [6.45, 7) is 1.43. The lowest BCUT2D eigenvalue weighted by Gasteiger charge is -2.10. The van der Waals surface area contributed by atoms with E-state index in [1.54, 1.807) is 48.5 Å². The smallest absolute Gasteiger partial charge is 0.196 e. The van der Waals surface area contributed by atoms with Crippen LogP contribution in [0.1, 0.15) is 6.92 Å². The molecule has 0 aromatic heterocycles. The van der Waals surface area contributed by atoms with Gasteiger partial charge in [-0.05, 0) is 42.5 Å². The second-order valence-corrected chi connectivity index (χ2v) is 5.13. The van der Waals surface area contributed by atoms with E-state index in [2.05, 4.69) is 15.8 Å². The van der Waals surface area contributed by atoms with E-state index in [0.717, 1.165) is 5.69 Å². The van der Waals surface area contributed by atoms with Gasteiger partial charge in [-0.1, -0.05) is 29.3 Å². The second kappa shape index (κ2) is 7.11. The first-order chi connectivity index (χ1) is 10.0. The van der Waals surface area contributed by atoms with Crippen LogP contribution in [0.15, 0.2) is 53.5 Å². The molecule has 2 N–H and O–H groups in total. The highest BCUT2D eigenvalue weighted by Gasteiger charge is 2.06. The molecule has 2 rings (SSSR count). The molecule has 0 atom stereocenters. The van der Waals surface area contributed by atoms with Gasteiger partial charge in [0.2, 0.25) is 0 Å². The van der Waals surface area contributed by atoms with Crippen molar-refractivity contribution in [3.05, 3.63) is 58.6 Å². The summed E-state index contributed by atoms with van der Waals surface area (Å²) in [7, 11) is 0. The van der Waals surface area contributed by atoms with Crippen molar-refractivity contribution < 1.29 is 4.79 Å². The molecule has 0 saturated carbocycles. The standard InChI is InChI=1S/C15H13Cl2N3O/c1-10(21)15(18-14-4-2-3-12(17)9-14)20-19-13-7-5-11(16)6-8-13/h2-9,19H,1H3,(H,18,20). The number of Topliss-reactive ketones (excluding diaryl/α,β-unsaturated/α-hetero) is 1. The number of benzene rings is 2. The number of hydrazine groups is 1. The molecule has 0 amide bonds. The van der Waals surface area contributed by atoms with Crippen LogP contribution in [0, 0.1) is 0 Å². The van der Waals surface area contributed by atoms with Crippen LogP contribution in [0.4, 0.5) is 11.4 Å². The highest BCUT2D eigenvalue weighted by molar-refractivity contribution is 6.38. The van der Waals surface area contributed by atoms with Gasteiger partial charge in [-0.25, -0.2) is 4.99 Å². The number of nitrogens with one attached hydrogen (secondary N) is 2. The molecule has 2 aromatic rings. The van der Waals surface area contributed by atoms with Crippen LogP contribution in [0.5, 0.6) is 0 Å². The fourth-order valence-corrected chi connectivity index (χ4v) is 1.84. The van der Waals surface area contributed by atoms with Gasteiger partial charge in [0.05, 0.1) is 11.4 Å². The van der Waals surface area contributed by atoms with Crippen molar-refractivity contribution in [3.63, 3.8) is 0 Å². The van der Waals surface area contributed by atoms with Gasteiger partial charge in [-0.2, -0.15) is 0 Å². The number of anilines is 1. The van der Waals surface area contributed by atoms with E-state index in [1.807, 2.05) is 0 Å². The van der Waals surface area contributed by atoms with Crippen molar-refractivity contribution in [1.82, 2.24) is 5.43 Å². The van der Waals surface area contributed by atoms with E-state index in [-0.39, 0.29) is 11.6 Å². The third-order valence-corrected chi connectivity index (χ3v) is 3.04. The Balaban J connectivity index is 2.12. The molecule has 0 heterocycles. The molecule has 0 aliphatic heterocycles. The van der Waals surface area contributed by atoms with Crippen molar-refractivity contribution in [3.8, 4) is 0 Å². The zero-order chi connectivity index (χ0) is 15.2. The second-order valence-electron chi connectivity index (χ2n) is 4.25. The number of carbonyl (C=O) groups excluding carboxylic acids is 1. The van der Waals surface area contributed by atoms with Gasteiger partial charge in [0, 0.05) is 17.0 Å². The topological polar surface area (TPSA) is 53.5 Å². The SMILES string of the molecule is CC(=O)C(=Nc1cccc(Cl)c1)NNc1ccc(Cl)cc1. The Hall–Kier alpha value is -2.04. The molecule has 4 nitrogen and oxygen atoms in total. The molecule has 0 saturated heterocycles. The number of amidine groups is 1. The third-order valence-electron chi connectivity index (χ3n) is 2.55. The summed E-state index contributed by atoms with van der Waals surface area (Å²) in [6, 6.07) is 14.0. The summed E-state index contributed by atoms with van der Waals surface area (Å²) in [5.41, 5.74) is 7.04. The maximum absolute atomic E-state index is 11.6. The highest BCUT2D eigenvalue weighted by Crippen LogP contribution is 2.18. The Bertz CT molecular complexity index is 669. The molecule has 0 aliphatic rings. The van der Waals surface area contributed by atoms with Crippen LogP contribution in [-0.2, 0) is 4.79 Å². The van der Waals surface area contributed by atoms with Crippen molar-refractivity contribution in [2.75, 3.05) is 5.43 Å². The van der Waals surface area contributed by atoms with Crippen molar-refractivity contribution in [2.45, 2.75) is 6.92 Å². The average molecular weight is 322 g/mol. The number of ketones is 1. The van der Waals surface area contributed by atoms with Crippen LogP contribution in [0.2, 0.25) is 10.0 Å². The van der Waals surface area contributed by atoms with Crippen LogP contribution in [0.3, 0.4) is 0 Å². The first kappa shape index (κ1) is 15.4. The van der Waals surface area contributed by atoms with Crippen molar-refractivity contribution >= 4 is 46.2 Å². The fourth-order valence-electron chi connectivity index (χ4n) is 1.53. The lowest BCUT2D eigenvalue weighted by atomic mass is 10.3. The number of hydrogen-bond donors (Lipinski definition) is 2. The predicted octanol–water partition coefficient (Wildman–Crippen LogP) is 4.23. The molecular formula is C15H13Cl2N3O. The van der Waals surface area contributed by atoms with E-state index in [9.17, 15) is 4.79 Å². The summed E-state index contributed by atoms with van der Waals surface area (Å²) < 4.78 is 0. The third kappa shape index (κ3) is 4.77. The summed E-state index contributed by atoms with van der Waals surface area (Å²) in [5, 5.41) is 1.20. The molecule has 0 spiro atoms. The molecule has 0 radical (unpaired) electrons. The van der Waals surface area contributed by atoms with E-state index < -0.39 is 0 Å².